The maximum Gasteiger partial charge on any atom is 0.379 e. The first-order valence-electron chi connectivity index (χ1n) is 8.83. The van der Waals surface area contributed by atoms with Crippen LogP contribution >= 0.6 is 19.4 Å². The molecular weight excluding hydrogens is 363 g/mol. The van der Waals surface area contributed by atoms with E-state index in [1.807, 2.05) is 50.2 Å². The van der Waals surface area contributed by atoms with Crippen LogP contribution in [0.5, 0.6) is 0 Å². The van der Waals surface area contributed by atoms with Crippen molar-refractivity contribution >= 4 is 30.5 Å². The molecule has 2 nitrogen and oxygen atoms in total. The maximum absolute atomic E-state index is 13.1. The summed E-state index contributed by atoms with van der Waals surface area (Å²) >= 11 is 6.67. The van der Waals surface area contributed by atoms with Crippen LogP contribution in [0.3, 0.4) is 0 Å². The highest BCUT2D eigenvalue weighted by Crippen LogP contribution is 2.39. The molecule has 0 aliphatic heterocycles. The van der Waals surface area contributed by atoms with E-state index in [4.69, 9.17) is 11.6 Å². The standard InChI is InChI=1S/C22H27ClO2P/c1-16-10-6-7-11-17(16)20(24)18-12-8-9-13-19(18)26(25)15-22(5,23)14-21(2,3)4/h6-13H,14-15H2,1-5H3/q+1. The number of hydrogen-bond donors (Lipinski definition) is 0. The van der Waals surface area contributed by atoms with Crippen molar-refractivity contribution in [3.63, 3.8) is 0 Å². The van der Waals surface area contributed by atoms with Crippen molar-refractivity contribution < 1.29 is 9.36 Å². The summed E-state index contributed by atoms with van der Waals surface area (Å²) in [7, 11) is -1.77. The van der Waals surface area contributed by atoms with Crippen LogP contribution in [0.25, 0.3) is 0 Å². The molecule has 0 heterocycles. The number of rotatable bonds is 6. The van der Waals surface area contributed by atoms with E-state index >= 15 is 0 Å². The number of benzene rings is 2. The predicted octanol–water partition coefficient (Wildman–Crippen LogP) is 6.11. The zero-order chi connectivity index (χ0) is 19.5. The van der Waals surface area contributed by atoms with Gasteiger partial charge in [0.05, 0.1) is 10.4 Å². The van der Waals surface area contributed by atoms with Crippen LogP contribution < -0.4 is 5.30 Å². The van der Waals surface area contributed by atoms with Crippen molar-refractivity contribution in [2.75, 3.05) is 6.16 Å². The zero-order valence-electron chi connectivity index (χ0n) is 16.2. The number of halogens is 1. The molecule has 0 aromatic heterocycles. The van der Waals surface area contributed by atoms with Gasteiger partial charge in [0, 0.05) is 5.56 Å². The predicted molar refractivity (Wildman–Crippen MR) is 111 cm³/mol. The zero-order valence-corrected chi connectivity index (χ0v) is 17.8. The van der Waals surface area contributed by atoms with Gasteiger partial charge in [-0.15, -0.1) is 11.6 Å². The first-order valence-corrected chi connectivity index (χ1v) is 10.7. The Labute approximate surface area is 162 Å². The number of carbonyl (C=O) groups excluding carboxylic acids is 1. The van der Waals surface area contributed by atoms with Crippen molar-refractivity contribution in [3.05, 3.63) is 65.2 Å². The van der Waals surface area contributed by atoms with Crippen LogP contribution in [0, 0.1) is 12.3 Å². The van der Waals surface area contributed by atoms with Crippen molar-refractivity contribution in [3.8, 4) is 0 Å². The van der Waals surface area contributed by atoms with Gasteiger partial charge < -0.3 is 0 Å². The Balaban J connectivity index is 2.33. The van der Waals surface area contributed by atoms with E-state index in [0.29, 0.717) is 22.6 Å². The van der Waals surface area contributed by atoms with E-state index in [9.17, 15) is 9.36 Å². The first kappa shape index (κ1) is 20.8. The van der Waals surface area contributed by atoms with Crippen LogP contribution in [0.1, 0.15) is 55.6 Å². The highest BCUT2D eigenvalue weighted by Gasteiger charge is 2.38. The number of aryl methyl sites for hydroxylation is 1. The van der Waals surface area contributed by atoms with Gasteiger partial charge in [-0.2, -0.15) is 0 Å². The second-order valence-electron chi connectivity index (χ2n) is 8.35. The summed E-state index contributed by atoms with van der Waals surface area (Å²) in [6.07, 6.45) is 1.09. The lowest BCUT2D eigenvalue weighted by Crippen LogP contribution is -2.28. The number of hydrogen-bond acceptors (Lipinski definition) is 2. The minimum atomic E-state index is -1.77. The van der Waals surface area contributed by atoms with E-state index < -0.39 is 12.7 Å². The van der Waals surface area contributed by atoms with Gasteiger partial charge in [0.1, 0.15) is 0 Å². The Morgan fingerprint density at radius 2 is 1.50 bits per heavy atom. The molecule has 0 saturated heterocycles. The monoisotopic (exact) mass is 389 g/mol. The Morgan fingerprint density at radius 1 is 0.962 bits per heavy atom. The SMILES string of the molecule is Cc1ccccc1C(=O)c1ccccc1[P+](=O)CC(C)(Cl)CC(C)(C)C. The summed E-state index contributed by atoms with van der Waals surface area (Å²) in [6.45, 7) is 10.2. The Bertz CT molecular complexity index is 819. The minimum Gasteiger partial charge on any atom is -0.288 e. The van der Waals surface area contributed by atoms with Crippen LogP contribution in [-0.4, -0.2) is 16.8 Å². The summed E-state index contributed by atoms with van der Waals surface area (Å²) < 4.78 is 13.1. The molecule has 0 saturated carbocycles. The van der Waals surface area contributed by atoms with E-state index in [-0.39, 0.29) is 11.2 Å². The van der Waals surface area contributed by atoms with Crippen molar-refractivity contribution in [1.29, 1.82) is 0 Å². The van der Waals surface area contributed by atoms with Gasteiger partial charge in [-0.05, 0) is 43.4 Å². The number of carbonyl (C=O) groups is 1. The van der Waals surface area contributed by atoms with Crippen molar-refractivity contribution in [2.45, 2.75) is 45.9 Å². The molecule has 26 heavy (non-hydrogen) atoms. The first-order chi connectivity index (χ1) is 12.0. The quantitative estimate of drug-likeness (QED) is 0.339. The van der Waals surface area contributed by atoms with Gasteiger partial charge in [-0.3, -0.25) is 4.79 Å². The van der Waals surface area contributed by atoms with Crippen molar-refractivity contribution in [1.82, 2.24) is 0 Å². The van der Waals surface area contributed by atoms with Crippen molar-refractivity contribution in [2.24, 2.45) is 5.41 Å². The summed E-state index contributed by atoms with van der Waals surface area (Å²) in [5.74, 6) is -0.0888. The Hall–Kier alpha value is -1.50. The van der Waals surface area contributed by atoms with Gasteiger partial charge in [-0.25, -0.2) is 0 Å². The lowest BCUT2D eigenvalue weighted by Gasteiger charge is -2.27. The molecule has 2 atom stereocenters. The Kier molecular flexibility index (Phi) is 6.42. The Morgan fingerprint density at radius 3 is 2.08 bits per heavy atom. The lowest BCUT2D eigenvalue weighted by atomic mass is 9.86. The van der Waals surface area contributed by atoms with Gasteiger partial charge in [0.15, 0.2) is 11.9 Å². The molecule has 2 aromatic carbocycles. The smallest absolute Gasteiger partial charge is 0.288 e. The van der Waals surface area contributed by atoms with Crippen LogP contribution in [0.2, 0.25) is 0 Å². The molecule has 0 aliphatic rings. The lowest BCUT2D eigenvalue weighted by molar-refractivity contribution is 0.103. The molecule has 0 spiro atoms. The molecule has 4 heteroatoms. The highest BCUT2D eigenvalue weighted by atomic mass is 35.5. The van der Waals surface area contributed by atoms with Gasteiger partial charge >= 0.3 is 7.80 Å². The maximum atomic E-state index is 13.1. The molecule has 0 aliphatic carbocycles. The largest absolute Gasteiger partial charge is 0.379 e. The third kappa shape index (κ3) is 5.50. The fraction of sp³-hybridized carbons (Fsp3) is 0.409. The molecular formula is C22H27ClO2P+. The van der Waals surface area contributed by atoms with Crippen LogP contribution in [-0.2, 0) is 4.57 Å². The summed E-state index contributed by atoms with van der Waals surface area (Å²) in [6, 6.07) is 14.7. The van der Waals surface area contributed by atoms with E-state index in [0.717, 1.165) is 12.0 Å². The summed E-state index contributed by atoms with van der Waals surface area (Å²) in [5, 5.41) is 0.594. The van der Waals surface area contributed by atoms with E-state index in [2.05, 4.69) is 20.8 Å². The van der Waals surface area contributed by atoms with Gasteiger partial charge in [-0.1, -0.05) is 61.7 Å². The molecule has 2 unspecified atom stereocenters. The van der Waals surface area contributed by atoms with Gasteiger partial charge in [0.25, 0.3) is 0 Å². The second-order valence-corrected chi connectivity index (χ2v) is 10.8. The fourth-order valence-corrected chi connectivity index (χ4v) is 5.71. The molecule has 0 amide bonds. The molecule has 0 bridgehead atoms. The van der Waals surface area contributed by atoms with Gasteiger partial charge in [0.2, 0.25) is 5.30 Å². The number of ketones is 1. The normalized spacial score (nSPS) is 14.6. The summed E-state index contributed by atoms with van der Waals surface area (Å²) in [4.78, 5) is 12.4. The minimum absolute atomic E-state index is 0.0448. The molecule has 0 fully saturated rings. The molecule has 2 aromatic rings. The van der Waals surface area contributed by atoms with E-state index in [1.165, 1.54) is 0 Å². The second kappa shape index (κ2) is 8.03. The average molecular weight is 390 g/mol. The van der Waals surface area contributed by atoms with E-state index in [1.54, 1.807) is 12.1 Å². The highest BCUT2D eigenvalue weighted by molar-refractivity contribution is 7.54. The van der Waals surface area contributed by atoms with Crippen LogP contribution in [0.15, 0.2) is 48.5 Å². The molecule has 0 radical (unpaired) electrons. The average Bonchev–Trinajstić information content (AvgIpc) is 2.52. The summed E-state index contributed by atoms with van der Waals surface area (Å²) in [5.41, 5.74) is 2.11. The molecule has 0 N–H and O–H groups in total. The number of alkyl halides is 1. The third-order valence-electron chi connectivity index (χ3n) is 4.18. The molecule has 2 rings (SSSR count). The topological polar surface area (TPSA) is 34.1 Å². The van der Waals surface area contributed by atoms with Crippen LogP contribution in [0.4, 0.5) is 0 Å². The fourth-order valence-electron chi connectivity index (χ4n) is 3.40. The third-order valence-corrected chi connectivity index (χ3v) is 6.55. The molecule has 138 valence electrons.